The van der Waals surface area contributed by atoms with Crippen LogP contribution in [-0.4, -0.2) is 27.3 Å². The Balaban J connectivity index is 1.79. The lowest BCUT2D eigenvalue weighted by Crippen LogP contribution is -2.20. The normalized spacial score (nSPS) is 12.2. The molecule has 1 aromatic heterocycles. The molecule has 1 heterocycles. The summed E-state index contributed by atoms with van der Waals surface area (Å²) < 4.78 is 0. The summed E-state index contributed by atoms with van der Waals surface area (Å²) in [5.74, 6) is -0.474. The summed E-state index contributed by atoms with van der Waals surface area (Å²) in [6.45, 7) is 0. The van der Waals surface area contributed by atoms with Crippen molar-refractivity contribution in [2.24, 2.45) is 0 Å². The Bertz CT molecular complexity index is 654. The zero-order valence-electron chi connectivity index (χ0n) is 13.4. The molecule has 0 aliphatic carbocycles. The molecular formula is C19H22N2O3. The van der Waals surface area contributed by atoms with Crippen molar-refractivity contribution >= 4 is 18.1 Å². The van der Waals surface area contributed by atoms with Crippen molar-refractivity contribution in [3.63, 3.8) is 0 Å². The lowest BCUT2D eigenvalue weighted by atomic mass is 10.0. The molecule has 126 valence electrons. The number of nitrogens with zero attached hydrogens (tertiary/aromatic N) is 1. The van der Waals surface area contributed by atoms with E-state index in [-0.39, 0.29) is 6.42 Å². The van der Waals surface area contributed by atoms with Gasteiger partial charge in [-0.15, -0.1) is 0 Å². The molecular weight excluding hydrogens is 304 g/mol. The Morgan fingerprint density at radius 2 is 1.92 bits per heavy atom. The number of hydrogen-bond acceptors (Lipinski definition) is 4. The maximum Gasteiger partial charge on any atom is 0.243 e. The average Bonchev–Trinajstić information content (AvgIpc) is 2.64. The van der Waals surface area contributed by atoms with Crippen LogP contribution in [0, 0.1) is 0 Å². The molecule has 2 aromatic rings. The maximum absolute atomic E-state index is 10.9. The Morgan fingerprint density at radius 1 is 1.12 bits per heavy atom. The lowest BCUT2D eigenvalue weighted by molar-refractivity contribution is -0.129. The molecule has 0 aliphatic rings. The van der Waals surface area contributed by atoms with Crippen molar-refractivity contribution in [1.29, 1.82) is 0 Å². The summed E-state index contributed by atoms with van der Waals surface area (Å²) in [7, 11) is 0. The number of rotatable bonds is 8. The SMILES string of the molecule is O=C(CCC(O)CCc1ccc(/C=C/c2ccccn2)cc1)NO. The van der Waals surface area contributed by atoms with Crippen LogP contribution in [0.2, 0.25) is 0 Å². The molecule has 0 fully saturated rings. The molecule has 0 saturated carbocycles. The fraction of sp³-hybridized carbons (Fsp3) is 0.263. The van der Waals surface area contributed by atoms with Crippen LogP contribution in [0.15, 0.2) is 48.7 Å². The smallest absolute Gasteiger partial charge is 0.243 e. The molecule has 0 saturated heterocycles. The second-order valence-electron chi connectivity index (χ2n) is 5.60. The number of hydroxylamine groups is 1. The third kappa shape index (κ3) is 6.32. The van der Waals surface area contributed by atoms with Crippen LogP contribution in [-0.2, 0) is 11.2 Å². The van der Waals surface area contributed by atoms with E-state index in [1.54, 1.807) is 11.7 Å². The van der Waals surface area contributed by atoms with Crippen molar-refractivity contribution in [2.75, 3.05) is 0 Å². The highest BCUT2D eigenvalue weighted by Crippen LogP contribution is 2.12. The molecule has 0 radical (unpaired) electrons. The Kier molecular flexibility index (Phi) is 7.14. The summed E-state index contributed by atoms with van der Waals surface area (Å²) >= 11 is 0. The number of carbonyl (C=O) groups excluding carboxylic acids is 1. The van der Waals surface area contributed by atoms with Gasteiger partial charge in [-0.25, -0.2) is 5.48 Å². The monoisotopic (exact) mass is 326 g/mol. The molecule has 1 aromatic carbocycles. The van der Waals surface area contributed by atoms with Gasteiger partial charge in [0.2, 0.25) is 5.91 Å². The van der Waals surface area contributed by atoms with Gasteiger partial charge in [-0.05, 0) is 48.6 Å². The Hall–Kier alpha value is -2.50. The molecule has 0 aliphatic heterocycles. The van der Waals surface area contributed by atoms with Gasteiger partial charge in [0.15, 0.2) is 0 Å². The van der Waals surface area contributed by atoms with Gasteiger partial charge >= 0.3 is 0 Å². The molecule has 1 atom stereocenters. The summed E-state index contributed by atoms with van der Waals surface area (Å²) in [6.07, 6.45) is 6.98. The highest BCUT2D eigenvalue weighted by Gasteiger charge is 2.08. The van der Waals surface area contributed by atoms with Gasteiger partial charge in [0.25, 0.3) is 0 Å². The van der Waals surface area contributed by atoms with Gasteiger partial charge in [-0.1, -0.05) is 36.4 Å². The first-order valence-electron chi connectivity index (χ1n) is 7.96. The van der Waals surface area contributed by atoms with E-state index < -0.39 is 12.0 Å². The van der Waals surface area contributed by atoms with E-state index in [2.05, 4.69) is 4.98 Å². The van der Waals surface area contributed by atoms with Gasteiger partial charge in [0, 0.05) is 12.6 Å². The van der Waals surface area contributed by atoms with E-state index in [4.69, 9.17) is 5.21 Å². The van der Waals surface area contributed by atoms with Crippen molar-refractivity contribution in [3.05, 3.63) is 65.5 Å². The van der Waals surface area contributed by atoms with Crippen LogP contribution in [0.1, 0.15) is 36.1 Å². The number of amides is 1. The summed E-state index contributed by atoms with van der Waals surface area (Å²) in [6, 6.07) is 13.9. The first kappa shape index (κ1) is 17.8. The predicted molar refractivity (Wildman–Crippen MR) is 93.1 cm³/mol. The van der Waals surface area contributed by atoms with Gasteiger partial charge in [-0.2, -0.15) is 0 Å². The van der Waals surface area contributed by atoms with Crippen LogP contribution in [0.25, 0.3) is 12.2 Å². The van der Waals surface area contributed by atoms with E-state index in [0.29, 0.717) is 12.8 Å². The molecule has 0 bridgehead atoms. The third-order valence-electron chi connectivity index (χ3n) is 3.71. The average molecular weight is 326 g/mol. The number of aryl methyl sites for hydroxylation is 1. The minimum absolute atomic E-state index is 0.120. The summed E-state index contributed by atoms with van der Waals surface area (Å²) in [5, 5.41) is 18.2. The van der Waals surface area contributed by atoms with Crippen LogP contribution in [0.4, 0.5) is 0 Å². The number of nitrogens with one attached hydrogen (secondary N) is 1. The van der Waals surface area contributed by atoms with Gasteiger partial charge in [0.05, 0.1) is 11.8 Å². The van der Waals surface area contributed by atoms with E-state index in [0.717, 1.165) is 23.2 Å². The molecule has 3 N–H and O–H groups in total. The zero-order chi connectivity index (χ0) is 17.2. The second kappa shape index (κ2) is 9.60. The molecule has 1 unspecified atom stereocenters. The number of pyridine rings is 1. The topological polar surface area (TPSA) is 82.5 Å². The number of aromatic nitrogens is 1. The summed E-state index contributed by atoms with van der Waals surface area (Å²) in [4.78, 5) is 15.1. The number of carbonyl (C=O) groups is 1. The van der Waals surface area contributed by atoms with E-state index in [9.17, 15) is 9.90 Å². The van der Waals surface area contributed by atoms with Crippen LogP contribution < -0.4 is 5.48 Å². The second-order valence-corrected chi connectivity index (χ2v) is 5.60. The van der Waals surface area contributed by atoms with Gasteiger partial charge in [0.1, 0.15) is 0 Å². The molecule has 5 nitrogen and oxygen atoms in total. The van der Waals surface area contributed by atoms with E-state index in [1.807, 2.05) is 54.6 Å². The first-order valence-corrected chi connectivity index (χ1v) is 7.96. The fourth-order valence-electron chi connectivity index (χ4n) is 2.28. The molecule has 24 heavy (non-hydrogen) atoms. The van der Waals surface area contributed by atoms with Crippen LogP contribution in [0.3, 0.4) is 0 Å². The van der Waals surface area contributed by atoms with Crippen LogP contribution in [0.5, 0.6) is 0 Å². The number of aliphatic hydroxyl groups is 1. The largest absolute Gasteiger partial charge is 0.393 e. The van der Waals surface area contributed by atoms with Gasteiger partial charge in [-0.3, -0.25) is 15.0 Å². The van der Waals surface area contributed by atoms with Gasteiger partial charge < -0.3 is 5.11 Å². The van der Waals surface area contributed by atoms with Crippen molar-refractivity contribution < 1.29 is 15.1 Å². The molecule has 5 heteroatoms. The lowest BCUT2D eigenvalue weighted by Gasteiger charge is -2.09. The number of aliphatic hydroxyl groups excluding tert-OH is 1. The molecule has 1 amide bonds. The summed E-state index contributed by atoms with van der Waals surface area (Å²) in [5.41, 5.74) is 4.70. The fourth-order valence-corrected chi connectivity index (χ4v) is 2.28. The molecule has 0 spiro atoms. The Morgan fingerprint density at radius 3 is 2.58 bits per heavy atom. The quantitative estimate of drug-likeness (QED) is 0.514. The number of benzene rings is 1. The number of hydrogen-bond donors (Lipinski definition) is 3. The highest BCUT2D eigenvalue weighted by atomic mass is 16.5. The van der Waals surface area contributed by atoms with Crippen molar-refractivity contribution in [1.82, 2.24) is 10.5 Å². The molecule has 2 rings (SSSR count). The minimum Gasteiger partial charge on any atom is -0.393 e. The zero-order valence-corrected chi connectivity index (χ0v) is 13.4. The van der Waals surface area contributed by atoms with Crippen molar-refractivity contribution in [3.8, 4) is 0 Å². The van der Waals surface area contributed by atoms with Crippen LogP contribution >= 0.6 is 0 Å². The van der Waals surface area contributed by atoms with E-state index in [1.165, 1.54) is 0 Å². The standard InChI is InChI=1S/C19H22N2O3/c22-18(12-13-19(23)21-24)11-9-16-6-4-15(5-7-16)8-10-17-3-1-2-14-20-17/h1-8,10,14,18,22,24H,9,11-13H2,(H,21,23)/b10-8+. The highest BCUT2D eigenvalue weighted by molar-refractivity contribution is 5.74. The Labute approximate surface area is 141 Å². The van der Waals surface area contributed by atoms with Crippen molar-refractivity contribution in [2.45, 2.75) is 31.8 Å². The maximum atomic E-state index is 10.9. The first-order chi connectivity index (χ1) is 11.7. The van der Waals surface area contributed by atoms with E-state index >= 15 is 0 Å². The predicted octanol–water partition coefficient (Wildman–Crippen LogP) is 2.83. The third-order valence-corrected chi connectivity index (χ3v) is 3.71. The minimum atomic E-state index is -0.550.